The van der Waals surface area contributed by atoms with Crippen LogP contribution in [0.15, 0.2) is 35.7 Å². The Bertz CT molecular complexity index is 611. The molecule has 1 N–H and O–H groups in total. The fraction of sp³-hybridized carbons (Fsp3) is 0.143. The molecule has 96 valence electrons. The number of rotatable bonds is 4. The number of carbonyl (C=O) groups is 1. The van der Waals surface area contributed by atoms with Crippen molar-refractivity contribution in [3.05, 3.63) is 46.8 Å². The van der Waals surface area contributed by atoms with E-state index >= 15 is 0 Å². The molecule has 2 aromatic rings. The Morgan fingerprint density at radius 2 is 2.11 bits per heavy atom. The number of ether oxygens (including phenoxy) is 1. The molecule has 0 radical (unpaired) electrons. The van der Waals surface area contributed by atoms with Crippen molar-refractivity contribution in [2.24, 2.45) is 0 Å². The van der Waals surface area contributed by atoms with Crippen molar-refractivity contribution >= 4 is 22.2 Å². The van der Waals surface area contributed by atoms with E-state index in [1.54, 1.807) is 18.6 Å². The van der Waals surface area contributed by atoms with E-state index in [0.717, 1.165) is 11.3 Å². The molecule has 5 heteroatoms. The van der Waals surface area contributed by atoms with Gasteiger partial charge in [-0.1, -0.05) is 12.1 Å². The summed E-state index contributed by atoms with van der Waals surface area (Å²) in [6, 6.07) is 11.0. The van der Waals surface area contributed by atoms with Gasteiger partial charge in [0.15, 0.2) is 0 Å². The van der Waals surface area contributed by atoms with Crippen LogP contribution in [0.4, 0.5) is 5.00 Å². The molecule has 4 nitrogen and oxygen atoms in total. The Morgan fingerprint density at radius 3 is 2.74 bits per heavy atom. The molecule has 0 unspecified atom stereocenters. The zero-order valence-corrected chi connectivity index (χ0v) is 11.2. The number of carbonyl (C=O) groups excluding carboxylic acids is 1. The third kappa shape index (κ3) is 3.33. The van der Waals surface area contributed by atoms with Gasteiger partial charge in [-0.05, 0) is 29.1 Å². The molecule has 1 amide bonds. The molecule has 0 saturated heterocycles. The van der Waals surface area contributed by atoms with E-state index in [2.05, 4.69) is 5.32 Å². The summed E-state index contributed by atoms with van der Waals surface area (Å²) >= 11 is 1.34. The molecule has 0 bridgehead atoms. The number of hydrogen-bond acceptors (Lipinski definition) is 4. The second kappa shape index (κ2) is 6.03. The highest BCUT2D eigenvalue weighted by Crippen LogP contribution is 2.22. The Hall–Kier alpha value is -2.32. The molecule has 2 rings (SSSR count). The second-order valence-corrected chi connectivity index (χ2v) is 4.76. The van der Waals surface area contributed by atoms with Gasteiger partial charge in [-0.15, -0.1) is 11.3 Å². The number of nitrogens with one attached hydrogen (secondary N) is 1. The van der Waals surface area contributed by atoms with Crippen LogP contribution in [0.5, 0.6) is 5.75 Å². The van der Waals surface area contributed by atoms with Crippen molar-refractivity contribution in [3.8, 4) is 11.8 Å². The molecule has 1 heterocycles. The highest BCUT2D eigenvalue weighted by atomic mass is 32.1. The molecule has 0 saturated carbocycles. The predicted molar refractivity (Wildman–Crippen MR) is 74.4 cm³/mol. The molecule has 0 spiro atoms. The van der Waals surface area contributed by atoms with Gasteiger partial charge in [0.05, 0.1) is 19.1 Å². The van der Waals surface area contributed by atoms with E-state index in [1.165, 1.54) is 11.3 Å². The Kier molecular flexibility index (Phi) is 4.16. The standard InChI is InChI=1S/C14H12N2O2S/c1-18-12-4-2-10(3-5-12)8-13(17)16-14-11(9-15)6-7-19-14/h2-7H,8H2,1H3,(H,16,17). The lowest BCUT2D eigenvalue weighted by Gasteiger charge is -2.04. The minimum atomic E-state index is -0.135. The van der Waals surface area contributed by atoms with Crippen molar-refractivity contribution < 1.29 is 9.53 Å². The van der Waals surface area contributed by atoms with Crippen molar-refractivity contribution in [1.82, 2.24) is 0 Å². The monoisotopic (exact) mass is 272 g/mol. The zero-order valence-electron chi connectivity index (χ0n) is 10.3. The summed E-state index contributed by atoms with van der Waals surface area (Å²) in [7, 11) is 1.60. The number of nitriles is 1. The summed E-state index contributed by atoms with van der Waals surface area (Å²) < 4.78 is 5.05. The van der Waals surface area contributed by atoms with Gasteiger partial charge in [-0.3, -0.25) is 4.79 Å². The summed E-state index contributed by atoms with van der Waals surface area (Å²) in [5, 5.41) is 14.0. The molecule has 0 aliphatic rings. The van der Waals surface area contributed by atoms with Crippen LogP contribution in [-0.2, 0) is 11.2 Å². The third-order valence-corrected chi connectivity index (χ3v) is 3.39. The van der Waals surface area contributed by atoms with E-state index in [1.807, 2.05) is 30.3 Å². The fourth-order valence-corrected chi connectivity index (χ4v) is 2.35. The minimum Gasteiger partial charge on any atom is -0.497 e. The van der Waals surface area contributed by atoms with Gasteiger partial charge in [0.1, 0.15) is 16.8 Å². The lowest BCUT2D eigenvalue weighted by molar-refractivity contribution is -0.115. The zero-order chi connectivity index (χ0) is 13.7. The maximum atomic E-state index is 11.9. The average Bonchev–Trinajstić information content (AvgIpc) is 2.86. The number of methoxy groups -OCH3 is 1. The molecule has 0 fully saturated rings. The highest BCUT2D eigenvalue weighted by Gasteiger charge is 2.08. The van der Waals surface area contributed by atoms with Crippen LogP contribution in [-0.4, -0.2) is 13.0 Å². The van der Waals surface area contributed by atoms with Crippen molar-refractivity contribution in [2.75, 3.05) is 12.4 Å². The molecule has 0 aliphatic carbocycles. The van der Waals surface area contributed by atoms with E-state index in [9.17, 15) is 4.79 Å². The summed E-state index contributed by atoms with van der Waals surface area (Å²) in [5.74, 6) is 0.623. The van der Waals surface area contributed by atoms with Gasteiger partial charge in [0, 0.05) is 0 Å². The number of hydrogen-bond donors (Lipinski definition) is 1. The maximum absolute atomic E-state index is 11.9. The van der Waals surface area contributed by atoms with E-state index in [-0.39, 0.29) is 12.3 Å². The van der Waals surface area contributed by atoms with E-state index < -0.39 is 0 Å². The first kappa shape index (κ1) is 13.1. The number of amides is 1. The first-order valence-corrected chi connectivity index (χ1v) is 6.51. The van der Waals surface area contributed by atoms with Crippen molar-refractivity contribution in [1.29, 1.82) is 5.26 Å². The second-order valence-electron chi connectivity index (χ2n) is 3.85. The van der Waals surface area contributed by atoms with Gasteiger partial charge >= 0.3 is 0 Å². The van der Waals surface area contributed by atoms with Gasteiger partial charge < -0.3 is 10.1 Å². The summed E-state index contributed by atoms with van der Waals surface area (Å²) in [5.41, 5.74) is 1.39. The third-order valence-electron chi connectivity index (χ3n) is 2.56. The smallest absolute Gasteiger partial charge is 0.229 e. The van der Waals surface area contributed by atoms with Crippen LogP contribution in [0.2, 0.25) is 0 Å². The minimum absolute atomic E-state index is 0.135. The number of anilines is 1. The lowest BCUT2D eigenvalue weighted by atomic mass is 10.1. The first-order chi connectivity index (χ1) is 9.22. The highest BCUT2D eigenvalue weighted by molar-refractivity contribution is 7.14. The fourth-order valence-electron chi connectivity index (χ4n) is 1.59. The molecule has 19 heavy (non-hydrogen) atoms. The van der Waals surface area contributed by atoms with Crippen LogP contribution >= 0.6 is 11.3 Å². The van der Waals surface area contributed by atoms with Crippen LogP contribution in [0.1, 0.15) is 11.1 Å². The Labute approximate surface area is 115 Å². The summed E-state index contributed by atoms with van der Waals surface area (Å²) in [6.45, 7) is 0. The maximum Gasteiger partial charge on any atom is 0.229 e. The first-order valence-electron chi connectivity index (χ1n) is 5.63. The Morgan fingerprint density at radius 1 is 1.37 bits per heavy atom. The van der Waals surface area contributed by atoms with Crippen LogP contribution in [0.3, 0.4) is 0 Å². The molecule has 0 aliphatic heterocycles. The molecular formula is C14H12N2O2S. The molecular weight excluding hydrogens is 260 g/mol. The van der Waals surface area contributed by atoms with Crippen LogP contribution in [0.25, 0.3) is 0 Å². The van der Waals surface area contributed by atoms with E-state index in [0.29, 0.717) is 10.6 Å². The topological polar surface area (TPSA) is 62.1 Å². The average molecular weight is 272 g/mol. The van der Waals surface area contributed by atoms with E-state index in [4.69, 9.17) is 10.00 Å². The number of nitrogens with zero attached hydrogens (tertiary/aromatic N) is 1. The number of thiophene rings is 1. The lowest BCUT2D eigenvalue weighted by Crippen LogP contribution is -2.14. The molecule has 0 atom stereocenters. The van der Waals surface area contributed by atoms with Crippen LogP contribution < -0.4 is 10.1 Å². The van der Waals surface area contributed by atoms with Crippen molar-refractivity contribution in [2.45, 2.75) is 6.42 Å². The summed E-state index contributed by atoms with van der Waals surface area (Å²) in [4.78, 5) is 11.9. The largest absolute Gasteiger partial charge is 0.497 e. The Balaban J connectivity index is 1.99. The quantitative estimate of drug-likeness (QED) is 0.931. The van der Waals surface area contributed by atoms with Gasteiger partial charge in [-0.25, -0.2) is 0 Å². The van der Waals surface area contributed by atoms with Crippen molar-refractivity contribution in [3.63, 3.8) is 0 Å². The van der Waals surface area contributed by atoms with Gasteiger partial charge in [0.25, 0.3) is 0 Å². The molecule has 1 aromatic carbocycles. The van der Waals surface area contributed by atoms with Gasteiger partial charge in [0.2, 0.25) is 5.91 Å². The molecule has 1 aromatic heterocycles. The van der Waals surface area contributed by atoms with Crippen LogP contribution in [0, 0.1) is 11.3 Å². The van der Waals surface area contributed by atoms with Gasteiger partial charge in [-0.2, -0.15) is 5.26 Å². The normalized spacial score (nSPS) is 9.68. The summed E-state index contributed by atoms with van der Waals surface area (Å²) in [6.07, 6.45) is 0.271. The number of benzene rings is 1. The SMILES string of the molecule is COc1ccc(CC(=O)Nc2sccc2C#N)cc1. The predicted octanol–water partition coefficient (Wildman–Crippen LogP) is 2.81.